The van der Waals surface area contributed by atoms with Gasteiger partial charge in [0.25, 0.3) is 5.56 Å². The Morgan fingerprint density at radius 1 is 1.24 bits per heavy atom. The van der Waals surface area contributed by atoms with Crippen LogP contribution < -0.4 is 5.56 Å². The fraction of sp³-hybridized carbons (Fsp3) is 0.0769. The van der Waals surface area contributed by atoms with Crippen LogP contribution in [0.15, 0.2) is 40.2 Å². The number of aromatic nitrogens is 4. The molecule has 8 heteroatoms. The molecule has 3 heterocycles. The summed E-state index contributed by atoms with van der Waals surface area (Å²) in [5, 5.41) is 12.0. The molecule has 0 saturated carbocycles. The van der Waals surface area contributed by atoms with E-state index in [1.54, 1.807) is 11.8 Å². The molecule has 0 spiro atoms. The van der Waals surface area contributed by atoms with Crippen molar-refractivity contribution in [3.63, 3.8) is 0 Å². The molecule has 0 radical (unpaired) electrons. The first-order chi connectivity index (χ1) is 10.3. The highest BCUT2D eigenvalue weighted by molar-refractivity contribution is 7.98. The lowest BCUT2D eigenvalue weighted by Crippen LogP contribution is -2.07. The van der Waals surface area contributed by atoms with Crippen LogP contribution in [0.5, 0.6) is 0 Å². The van der Waals surface area contributed by atoms with Crippen molar-refractivity contribution in [2.24, 2.45) is 0 Å². The number of benzene rings is 1. The molecular formula is C13H8N4OS3. The molecule has 0 saturated heterocycles. The molecule has 3 aromatic heterocycles. The van der Waals surface area contributed by atoms with Gasteiger partial charge in [0.2, 0.25) is 0 Å². The maximum Gasteiger partial charge on any atom is 0.285 e. The molecule has 0 aliphatic rings. The number of rotatable bonds is 3. The third kappa shape index (κ3) is 2.25. The van der Waals surface area contributed by atoms with Crippen LogP contribution in [0.3, 0.4) is 0 Å². The summed E-state index contributed by atoms with van der Waals surface area (Å²) in [6.45, 7) is 0. The number of thiophene rings is 1. The van der Waals surface area contributed by atoms with Crippen LogP contribution in [0.2, 0.25) is 0 Å². The topological polar surface area (TPSA) is 71.5 Å². The van der Waals surface area contributed by atoms with E-state index in [1.165, 1.54) is 28.4 Å². The molecule has 0 bridgehead atoms. The van der Waals surface area contributed by atoms with E-state index in [9.17, 15) is 4.79 Å². The standard InChI is InChI=1S/C13H8N4OS3/c18-11-10-9(14-17-15-11)8-12(16-21-13(8)20-10)19-6-7-4-2-1-3-5-7/h1-5H,6H2,(H,14,15,18). The van der Waals surface area contributed by atoms with Crippen molar-refractivity contribution in [1.29, 1.82) is 0 Å². The van der Waals surface area contributed by atoms with Gasteiger partial charge in [0.1, 0.15) is 19.3 Å². The summed E-state index contributed by atoms with van der Waals surface area (Å²) >= 11 is 4.50. The van der Waals surface area contributed by atoms with Gasteiger partial charge in [-0.05, 0) is 17.1 Å². The zero-order chi connectivity index (χ0) is 14.2. The fourth-order valence-corrected chi connectivity index (χ4v) is 5.23. The summed E-state index contributed by atoms with van der Waals surface area (Å²) in [5.74, 6) is 0.841. The van der Waals surface area contributed by atoms with E-state index in [0.717, 1.165) is 20.2 Å². The summed E-state index contributed by atoms with van der Waals surface area (Å²) in [6, 6.07) is 10.2. The minimum atomic E-state index is -0.188. The second-order valence-electron chi connectivity index (χ2n) is 4.35. The Bertz CT molecular complexity index is 973. The van der Waals surface area contributed by atoms with E-state index < -0.39 is 0 Å². The van der Waals surface area contributed by atoms with Crippen molar-refractivity contribution >= 4 is 54.2 Å². The molecule has 5 nitrogen and oxygen atoms in total. The lowest BCUT2D eigenvalue weighted by atomic mass is 10.2. The molecule has 0 amide bonds. The van der Waals surface area contributed by atoms with Gasteiger partial charge in [-0.3, -0.25) is 4.79 Å². The Balaban J connectivity index is 1.77. The maximum absolute atomic E-state index is 11.8. The fourth-order valence-electron chi connectivity index (χ4n) is 2.03. The third-order valence-corrected chi connectivity index (χ3v) is 6.25. The SMILES string of the molecule is O=c1[nH]nnc2c1sc1snc(SCc3ccccc3)c12. The summed E-state index contributed by atoms with van der Waals surface area (Å²) in [6.07, 6.45) is 0. The Hall–Kier alpha value is -1.77. The molecule has 0 aliphatic carbocycles. The average molecular weight is 332 g/mol. The van der Waals surface area contributed by atoms with Gasteiger partial charge >= 0.3 is 0 Å². The highest BCUT2D eigenvalue weighted by Gasteiger charge is 2.17. The predicted octanol–water partition coefficient (Wildman–Crippen LogP) is 3.28. The molecule has 0 fully saturated rings. The molecule has 4 aromatic rings. The van der Waals surface area contributed by atoms with E-state index in [0.29, 0.717) is 10.2 Å². The Labute approximate surface area is 131 Å². The highest BCUT2D eigenvalue weighted by Crippen LogP contribution is 2.40. The molecular weight excluding hydrogens is 324 g/mol. The largest absolute Gasteiger partial charge is 0.285 e. The third-order valence-electron chi connectivity index (χ3n) is 3.00. The van der Waals surface area contributed by atoms with Crippen molar-refractivity contribution in [1.82, 2.24) is 19.8 Å². The summed E-state index contributed by atoms with van der Waals surface area (Å²) in [4.78, 5) is 11.8. The minimum absolute atomic E-state index is 0.188. The molecule has 21 heavy (non-hydrogen) atoms. The first-order valence-electron chi connectivity index (χ1n) is 6.13. The number of thioether (sulfide) groups is 1. The number of fused-ring (bicyclic) bond motifs is 3. The second-order valence-corrected chi connectivity index (χ2v) is 7.36. The summed E-state index contributed by atoms with van der Waals surface area (Å²) < 4.78 is 6.13. The van der Waals surface area contributed by atoms with Gasteiger partial charge in [0.05, 0.1) is 5.39 Å². The minimum Gasteiger partial charge on any atom is -0.266 e. The van der Waals surface area contributed by atoms with E-state index in [4.69, 9.17) is 0 Å². The smallest absolute Gasteiger partial charge is 0.266 e. The highest BCUT2D eigenvalue weighted by atomic mass is 32.2. The Morgan fingerprint density at radius 3 is 2.95 bits per heavy atom. The normalized spacial score (nSPS) is 11.4. The van der Waals surface area contributed by atoms with Gasteiger partial charge in [-0.2, -0.15) is 4.37 Å². The molecule has 104 valence electrons. The number of nitrogens with zero attached hydrogens (tertiary/aromatic N) is 3. The van der Waals surface area contributed by atoms with Crippen molar-refractivity contribution < 1.29 is 0 Å². The van der Waals surface area contributed by atoms with Crippen LogP contribution in [0, 0.1) is 0 Å². The molecule has 0 atom stereocenters. The molecule has 1 aromatic carbocycles. The predicted molar refractivity (Wildman–Crippen MR) is 87.2 cm³/mol. The summed E-state index contributed by atoms with van der Waals surface area (Å²) in [5.41, 5.74) is 1.71. The zero-order valence-electron chi connectivity index (χ0n) is 10.6. The molecule has 0 unspecified atom stereocenters. The van der Waals surface area contributed by atoms with E-state index in [2.05, 4.69) is 31.9 Å². The number of H-pyrrole nitrogens is 1. The van der Waals surface area contributed by atoms with E-state index in [1.807, 2.05) is 18.2 Å². The monoisotopic (exact) mass is 332 g/mol. The van der Waals surface area contributed by atoms with Gasteiger partial charge < -0.3 is 0 Å². The number of aromatic amines is 1. The van der Waals surface area contributed by atoms with E-state index in [-0.39, 0.29) is 5.56 Å². The molecule has 1 N–H and O–H groups in total. The van der Waals surface area contributed by atoms with E-state index >= 15 is 0 Å². The van der Waals surface area contributed by atoms with Gasteiger partial charge in [0.15, 0.2) is 0 Å². The van der Waals surface area contributed by atoms with Gasteiger partial charge in [-0.1, -0.05) is 47.3 Å². The van der Waals surface area contributed by atoms with Crippen molar-refractivity contribution in [2.45, 2.75) is 10.8 Å². The van der Waals surface area contributed by atoms with Crippen molar-refractivity contribution in [2.75, 3.05) is 0 Å². The van der Waals surface area contributed by atoms with Crippen LogP contribution in [-0.4, -0.2) is 19.8 Å². The van der Waals surface area contributed by atoms with Crippen LogP contribution in [-0.2, 0) is 5.75 Å². The maximum atomic E-state index is 11.8. The van der Waals surface area contributed by atoms with Gasteiger partial charge in [-0.25, -0.2) is 5.10 Å². The van der Waals surface area contributed by atoms with Crippen LogP contribution >= 0.6 is 34.6 Å². The number of nitrogens with one attached hydrogen (secondary N) is 1. The lowest BCUT2D eigenvalue weighted by molar-refractivity contribution is 0.876. The van der Waals surface area contributed by atoms with Crippen molar-refractivity contribution in [3.05, 3.63) is 46.2 Å². The quantitative estimate of drug-likeness (QED) is 0.583. The van der Waals surface area contributed by atoms with Crippen LogP contribution in [0.1, 0.15) is 5.56 Å². The van der Waals surface area contributed by atoms with Crippen molar-refractivity contribution in [3.8, 4) is 0 Å². The Kier molecular flexibility index (Phi) is 3.21. The van der Waals surface area contributed by atoms with Gasteiger partial charge in [0, 0.05) is 5.75 Å². The van der Waals surface area contributed by atoms with Gasteiger partial charge in [-0.15, -0.1) is 16.4 Å². The first-order valence-corrected chi connectivity index (χ1v) is 8.70. The average Bonchev–Trinajstić information content (AvgIpc) is 3.07. The zero-order valence-corrected chi connectivity index (χ0v) is 13.0. The van der Waals surface area contributed by atoms with Crippen LogP contribution in [0.4, 0.5) is 0 Å². The first kappa shape index (κ1) is 12.9. The molecule has 4 rings (SSSR count). The van der Waals surface area contributed by atoms with Crippen LogP contribution in [0.25, 0.3) is 19.6 Å². The Morgan fingerprint density at radius 2 is 2.10 bits per heavy atom. The second kappa shape index (κ2) is 5.21. The number of hydrogen-bond donors (Lipinski definition) is 1. The molecule has 0 aliphatic heterocycles. The lowest BCUT2D eigenvalue weighted by Gasteiger charge is -1.98. The summed E-state index contributed by atoms with van der Waals surface area (Å²) in [7, 11) is 0. The number of hydrogen-bond acceptors (Lipinski definition) is 7.